The van der Waals surface area contributed by atoms with Gasteiger partial charge in [-0.3, -0.25) is 9.48 Å². The Labute approximate surface area is 179 Å². The average molecular weight is 454 g/mol. The molecule has 0 bridgehead atoms. The zero-order valence-corrected chi connectivity index (χ0v) is 17.1. The fourth-order valence-electron chi connectivity index (χ4n) is 3.97. The van der Waals surface area contributed by atoms with Gasteiger partial charge in [-0.05, 0) is 43.7 Å². The number of hydrogen-bond acceptors (Lipinski definition) is 4. The molecule has 1 aromatic carbocycles. The minimum absolute atomic E-state index is 0.0875. The Morgan fingerprint density at radius 2 is 1.97 bits per heavy atom. The number of phenols is 1. The Morgan fingerprint density at radius 3 is 2.56 bits per heavy atom. The number of carbonyl (C=O) groups is 1. The van der Waals surface area contributed by atoms with Crippen LogP contribution in [-0.4, -0.2) is 49.7 Å². The first kappa shape index (κ1) is 22.0. The molecule has 0 unspecified atom stereocenters. The number of nitrogens with zero attached hydrogens (tertiary/aromatic N) is 4. The Bertz CT molecular complexity index is 1180. The molecule has 32 heavy (non-hydrogen) atoms. The Hall–Kier alpha value is -3.24. The van der Waals surface area contributed by atoms with Crippen molar-refractivity contribution in [2.24, 2.45) is 5.92 Å². The summed E-state index contributed by atoms with van der Waals surface area (Å²) in [5.41, 5.74) is -0.297. The molecule has 2 aromatic heterocycles. The highest BCUT2D eigenvalue weighted by molar-refractivity contribution is 5.86. The lowest BCUT2D eigenvalue weighted by Crippen LogP contribution is -2.36. The van der Waals surface area contributed by atoms with Crippen LogP contribution in [0.2, 0.25) is 0 Å². The standard InChI is InChI=1S/C21H19F5N4O2/c1-3-29-9-14(20(22,23)19(29)32)10-30-8-12-4-5-15(27-18(12)28-30)17-11(2)6-13(7-16(17)31)21(24,25)26/h4-8,14,31H,3,9-10H2,1-2H3/t14-/m1/s1. The van der Waals surface area contributed by atoms with E-state index in [1.807, 2.05) is 0 Å². The average Bonchev–Trinajstić information content (AvgIpc) is 3.19. The number of aromatic nitrogens is 3. The monoisotopic (exact) mass is 454 g/mol. The van der Waals surface area contributed by atoms with Gasteiger partial charge >= 0.3 is 12.1 Å². The van der Waals surface area contributed by atoms with Crippen molar-refractivity contribution in [2.45, 2.75) is 32.5 Å². The number of hydrogen-bond donors (Lipinski definition) is 1. The zero-order chi connectivity index (χ0) is 23.4. The van der Waals surface area contributed by atoms with Gasteiger partial charge in [0.25, 0.3) is 5.91 Å². The third-order valence-corrected chi connectivity index (χ3v) is 5.63. The van der Waals surface area contributed by atoms with Gasteiger partial charge in [0.2, 0.25) is 0 Å². The number of likely N-dealkylation sites (tertiary alicyclic amines) is 1. The molecule has 0 saturated carbocycles. The first-order valence-electron chi connectivity index (χ1n) is 9.84. The van der Waals surface area contributed by atoms with Crippen molar-refractivity contribution in [2.75, 3.05) is 13.1 Å². The number of rotatable bonds is 4. The number of fused-ring (bicyclic) bond motifs is 1. The summed E-state index contributed by atoms with van der Waals surface area (Å²) in [6.45, 7) is 2.95. The lowest BCUT2D eigenvalue weighted by Gasteiger charge is -2.15. The van der Waals surface area contributed by atoms with Gasteiger partial charge < -0.3 is 10.0 Å². The van der Waals surface area contributed by atoms with E-state index in [1.165, 1.54) is 23.9 Å². The highest BCUT2D eigenvalue weighted by atomic mass is 19.4. The van der Waals surface area contributed by atoms with Crippen LogP contribution in [0.15, 0.2) is 30.5 Å². The summed E-state index contributed by atoms with van der Waals surface area (Å²) >= 11 is 0. The molecule has 3 aromatic rings. The molecule has 1 N–H and O–H groups in total. The van der Waals surface area contributed by atoms with E-state index >= 15 is 0 Å². The number of amides is 1. The van der Waals surface area contributed by atoms with E-state index in [1.54, 1.807) is 13.0 Å². The molecule has 0 radical (unpaired) electrons. The molecule has 1 fully saturated rings. The number of aryl methyl sites for hydroxylation is 1. The van der Waals surface area contributed by atoms with E-state index in [0.717, 1.165) is 11.0 Å². The molecule has 0 spiro atoms. The van der Waals surface area contributed by atoms with Gasteiger partial charge in [0.1, 0.15) is 5.75 Å². The smallest absolute Gasteiger partial charge is 0.416 e. The van der Waals surface area contributed by atoms with Gasteiger partial charge in [-0.1, -0.05) is 0 Å². The highest BCUT2D eigenvalue weighted by Gasteiger charge is 2.55. The van der Waals surface area contributed by atoms with E-state index in [2.05, 4.69) is 10.1 Å². The SMILES string of the molecule is CCN1C[C@H](Cn2cc3ccc(-c4c(C)cc(C(F)(F)F)cc4O)nc3n2)C(F)(F)C1=O. The second-order valence-electron chi connectivity index (χ2n) is 7.81. The summed E-state index contributed by atoms with van der Waals surface area (Å²) in [6.07, 6.45) is -3.09. The summed E-state index contributed by atoms with van der Waals surface area (Å²) in [5, 5.41) is 14.9. The molecule has 4 rings (SSSR count). The van der Waals surface area contributed by atoms with E-state index in [0.29, 0.717) is 11.5 Å². The summed E-state index contributed by atoms with van der Waals surface area (Å²) in [4.78, 5) is 17.2. The second-order valence-corrected chi connectivity index (χ2v) is 7.81. The highest BCUT2D eigenvalue weighted by Crippen LogP contribution is 2.39. The first-order valence-corrected chi connectivity index (χ1v) is 9.84. The van der Waals surface area contributed by atoms with Crippen LogP contribution in [0.5, 0.6) is 5.75 Å². The van der Waals surface area contributed by atoms with Crippen molar-refractivity contribution in [3.63, 3.8) is 0 Å². The van der Waals surface area contributed by atoms with Crippen molar-refractivity contribution in [3.05, 3.63) is 41.6 Å². The maximum Gasteiger partial charge on any atom is 0.416 e. The number of halogens is 5. The van der Waals surface area contributed by atoms with Crippen LogP contribution in [0.1, 0.15) is 18.1 Å². The number of benzene rings is 1. The molecule has 6 nitrogen and oxygen atoms in total. The lowest BCUT2D eigenvalue weighted by molar-refractivity contribution is -0.151. The minimum atomic E-state index is -4.60. The normalized spacial score (nSPS) is 18.7. The topological polar surface area (TPSA) is 71.2 Å². The molecule has 1 atom stereocenters. The summed E-state index contributed by atoms with van der Waals surface area (Å²) in [7, 11) is 0. The molecule has 11 heteroatoms. The van der Waals surface area contributed by atoms with Crippen LogP contribution in [0, 0.1) is 12.8 Å². The van der Waals surface area contributed by atoms with Gasteiger partial charge in [0, 0.05) is 30.2 Å². The van der Waals surface area contributed by atoms with E-state index < -0.39 is 35.2 Å². The summed E-state index contributed by atoms with van der Waals surface area (Å²) in [6, 6.07) is 4.65. The zero-order valence-electron chi connectivity index (χ0n) is 17.1. The molecule has 1 amide bonds. The Morgan fingerprint density at radius 1 is 1.25 bits per heavy atom. The van der Waals surface area contributed by atoms with Crippen LogP contribution in [-0.2, 0) is 17.5 Å². The largest absolute Gasteiger partial charge is 0.507 e. The second kappa shape index (κ2) is 7.42. The van der Waals surface area contributed by atoms with Gasteiger partial charge in [0.15, 0.2) is 5.65 Å². The quantitative estimate of drug-likeness (QED) is 0.599. The van der Waals surface area contributed by atoms with Crippen LogP contribution in [0.25, 0.3) is 22.3 Å². The molecule has 1 aliphatic heterocycles. The summed E-state index contributed by atoms with van der Waals surface area (Å²) < 4.78 is 68.8. The van der Waals surface area contributed by atoms with E-state index in [4.69, 9.17) is 0 Å². The van der Waals surface area contributed by atoms with Gasteiger partial charge in [0.05, 0.1) is 23.7 Å². The number of phenolic OH excluding ortho intramolecular Hbond substituents is 1. The number of carbonyl (C=O) groups excluding carboxylic acids is 1. The molecule has 1 saturated heterocycles. The Kier molecular flexibility index (Phi) is 5.09. The van der Waals surface area contributed by atoms with Crippen LogP contribution < -0.4 is 0 Å². The van der Waals surface area contributed by atoms with Crippen LogP contribution in [0.3, 0.4) is 0 Å². The van der Waals surface area contributed by atoms with E-state index in [9.17, 15) is 31.9 Å². The molecule has 0 aliphatic carbocycles. The lowest BCUT2D eigenvalue weighted by atomic mass is 10.00. The third-order valence-electron chi connectivity index (χ3n) is 5.63. The van der Waals surface area contributed by atoms with Crippen LogP contribution >= 0.6 is 0 Å². The van der Waals surface area contributed by atoms with Crippen molar-refractivity contribution in [3.8, 4) is 17.0 Å². The summed E-state index contributed by atoms with van der Waals surface area (Å²) in [5.74, 6) is -6.51. The third kappa shape index (κ3) is 3.65. The number of aromatic hydroxyl groups is 1. The fraction of sp³-hybridized carbons (Fsp3) is 0.381. The molecular formula is C21H19F5N4O2. The minimum Gasteiger partial charge on any atom is -0.507 e. The first-order chi connectivity index (χ1) is 14.9. The molecule has 1 aliphatic rings. The van der Waals surface area contributed by atoms with Crippen molar-refractivity contribution >= 4 is 16.9 Å². The fourth-order valence-corrected chi connectivity index (χ4v) is 3.97. The van der Waals surface area contributed by atoms with Gasteiger partial charge in [-0.25, -0.2) is 4.98 Å². The predicted molar refractivity (Wildman–Crippen MR) is 105 cm³/mol. The van der Waals surface area contributed by atoms with Crippen molar-refractivity contribution in [1.82, 2.24) is 19.7 Å². The van der Waals surface area contributed by atoms with E-state index in [-0.39, 0.29) is 42.1 Å². The van der Waals surface area contributed by atoms with Crippen LogP contribution in [0.4, 0.5) is 22.0 Å². The molecule has 3 heterocycles. The molecular weight excluding hydrogens is 435 g/mol. The maximum absolute atomic E-state index is 14.3. The van der Waals surface area contributed by atoms with Crippen molar-refractivity contribution < 1.29 is 31.9 Å². The predicted octanol–water partition coefficient (Wildman–Crippen LogP) is 4.24. The van der Waals surface area contributed by atoms with Gasteiger partial charge in [-0.2, -0.15) is 27.1 Å². The number of pyridine rings is 1. The molecule has 170 valence electrons. The van der Waals surface area contributed by atoms with Gasteiger partial charge in [-0.15, -0.1) is 0 Å². The number of alkyl halides is 5. The van der Waals surface area contributed by atoms with Crippen molar-refractivity contribution in [1.29, 1.82) is 0 Å². The Balaban J connectivity index is 1.66. The maximum atomic E-state index is 14.3.